The van der Waals surface area contributed by atoms with Crippen LogP contribution in [0.25, 0.3) is 0 Å². The molecule has 0 aliphatic rings. The third-order valence-corrected chi connectivity index (χ3v) is 2.18. The molecule has 1 amide bonds. The van der Waals surface area contributed by atoms with E-state index in [2.05, 4.69) is 10.5 Å². The summed E-state index contributed by atoms with van der Waals surface area (Å²) in [4.78, 5) is 11.7. The predicted molar refractivity (Wildman–Crippen MR) is 64.1 cm³/mol. The number of pyridine rings is 1. The number of benzene rings is 1. The van der Waals surface area contributed by atoms with Crippen molar-refractivity contribution in [3.05, 3.63) is 65.8 Å². The Morgan fingerprint density at radius 3 is 2.53 bits per heavy atom. The highest BCUT2D eigenvalue weighted by molar-refractivity contribution is 5.93. The molecule has 0 saturated heterocycles. The highest BCUT2D eigenvalue weighted by atomic mass is 16.2. The maximum absolute atomic E-state index is 11.7. The van der Waals surface area contributed by atoms with Crippen LogP contribution in [-0.4, -0.2) is 10.6 Å². The summed E-state index contributed by atoms with van der Waals surface area (Å²) in [6.45, 7) is 0. The van der Waals surface area contributed by atoms with Crippen LogP contribution < -0.4 is 16.8 Å². The Balaban J connectivity index is 2.17. The van der Waals surface area contributed by atoms with Crippen molar-refractivity contribution in [2.45, 2.75) is 0 Å². The predicted octanol–water partition coefficient (Wildman–Crippen LogP) is 0.448. The van der Waals surface area contributed by atoms with Crippen LogP contribution in [0.5, 0.6) is 0 Å². The molecule has 17 heavy (non-hydrogen) atoms. The highest BCUT2D eigenvalue weighted by Crippen LogP contribution is 1.96. The Morgan fingerprint density at radius 2 is 1.82 bits per heavy atom. The van der Waals surface area contributed by atoms with Crippen LogP contribution in [0.2, 0.25) is 0 Å². The number of amides is 1. The molecule has 0 bridgehead atoms. The molecule has 86 valence electrons. The summed E-state index contributed by atoms with van der Waals surface area (Å²) >= 11 is 0. The van der Waals surface area contributed by atoms with Gasteiger partial charge in [-0.1, -0.05) is 24.3 Å². The first kappa shape index (κ1) is 10.9. The Hall–Kier alpha value is -2.56. The minimum atomic E-state index is -0.269. The summed E-state index contributed by atoms with van der Waals surface area (Å²) in [5.74, 6) is 5.35. The molecule has 0 saturated carbocycles. The van der Waals surface area contributed by atoms with Gasteiger partial charge in [-0.25, -0.2) is 5.43 Å². The fourth-order valence-corrected chi connectivity index (χ4v) is 1.30. The molecule has 1 heterocycles. The summed E-state index contributed by atoms with van der Waals surface area (Å²) in [6.07, 6.45) is 1.65. The largest absolute Gasteiger partial charge is 0.338 e. The number of hydrogen-bond acceptors (Lipinski definition) is 3. The maximum Gasteiger partial charge on any atom is 0.271 e. The average Bonchev–Trinajstić information content (AvgIpc) is 2.38. The number of rotatable bonds is 2. The molecular weight excluding hydrogens is 216 g/mol. The Labute approximate surface area is 98.2 Å². The first-order valence-corrected chi connectivity index (χ1v) is 5.09. The van der Waals surface area contributed by atoms with Crippen molar-refractivity contribution >= 4 is 5.91 Å². The second kappa shape index (κ2) is 4.98. The van der Waals surface area contributed by atoms with Crippen molar-refractivity contribution in [1.82, 2.24) is 10.1 Å². The zero-order valence-corrected chi connectivity index (χ0v) is 9.08. The van der Waals surface area contributed by atoms with Gasteiger partial charge in [-0.2, -0.15) is 5.10 Å². The smallest absolute Gasteiger partial charge is 0.271 e. The van der Waals surface area contributed by atoms with Crippen LogP contribution in [0.1, 0.15) is 10.4 Å². The molecule has 5 nitrogen and oxygen atoms in total. The molecule has 2 rings (SSSR count). The number of hydrogen-bond donors (Lipinski definition) is 2. The summed E-state index contributed by atoms with van der Waals surface area (Å²) in [5, 5.41) is 3.92. The van der Waals surface area contributed by atoms with Gasteiger partial charge < -0.3 is 5.84 Å². The van der Waals surface area contributed by atoms with E-state index in [1.807, 2.05) is 6.07 Å². The molecule has 0 aliphatic heterocycles. The molecule has 0 radical (unpaired) electrons. The molecule has 0 unspecified atom stereocenters. The van der Waals surface area contributed by atoms with Crippen LogP contribution >= 0.6 is 0 Å². The van der Waals surface area contributed by atoms with E-state index >= 15 is 0 Å². The van der Waals surface area contributed by atoms with Gasteiger partial charge in [0.1, 0.15) is 0 Å². The quantitative estimate of drug-likeness (QED) is 0.578. The molecular formula is C12H12N4O. The molecule has 2 aromatic rings. The second-order valence-electron chi connectivity index (χ2n) is 3.38. The molecule has 0 atom stereocenters. The number of carbonyl (C=O) groups is 1. The van der Waals surface area contributed by atoms with Crippen molar-refractivity contribution in [2.75, 3.05) is 5.84 Å². The van der Waals surface area contributed by atoms with E-state index in [-0.39, 0.29) is 5.91 Å². The van der Waals surface area contributed by atoms with Crippen LogP contribution in [0, 0.1) is 0 Å². The van der Waals surface area contributed by atoms with Crippen LogP contribution in [0.3, 0.4) is 0 Å². The van der Waals surface area contributed by atoms with E-state index in [9.17, 15) is 4.79 Å². The Kier molecular flexibility index (Phi) is 3.20. The van der Waals surface area contributed by atoms with E-state index < -0.39 is 0 Å². The molecule has 1 aromatic carbocycles. The lowest BCUT2D eigenvalue weighted by molar-refractivity contribution is 0.0952. The minimum Gasteiger partial charge on any atom is -0.338 e. The fourth-order valence-electron chi connectivity index (χ4n) is 1.30. The van der Waals surface area contributed by atoms with Gasteiger partial charge in [-0.05, 0) is 24.3 Å². The number of nitrogens with one attached hydrogen (secondary N) is 1. The SMILES string of the molecule is Nn1cccc/c1=N\NC(=O)c1ccccc1. The number of nitrogen functional groups attached to an aromatic ring is 1. The molecule has 0 aliphatic carbocycles. The Morgan fingerprint density at radius 1 is 1.12 bits per heavy atom. The minimum absolute atomic E-state index is 0.269. The van der Waals surface area contributed by atoms with Gasteiger partial charge >= 0.3 is 0 Å². The summed E-state index contributed by atoms with van der Waals surface area (Å²) < 4.78 is 1.32. The van der Waals surface area contributed by atoms with E-state index in [0.29, 0.717) is 11.1 Å². The van der Waals surface area contributed by atoms with E-state index in [1.165, 1.54) is 4.68 Å². The third kappa shape index (κ3) is 2.72. The van der Waals surface area contributed by atoms with Crippen molar-refractivity contribution in [3.8, 4) is 0 Å². The zero-order valence-electron chi connectivity index (χ0n) is 9.08. The molecule has 1 aromatic heterocycles. The van der Waals surface area contributed by atoms with Crippen molar-refractivity contribution < 1.29 is 4.79 Å². The third-order valence-electron chi connectivity index (χ3n) is 2.18. The van der Waals surface area contributed by atoms with E-state index in [4.69, 9.17) is 5.84 Å². The summed E-state index contributed by atoms with van der Waals surface area (Å²) in [5.41, 5.74) is 3.46. The first-order valence-electron chi connectivity index (χ1n) is 5.09. The summed E-state index contributed by atoms with van der Waals surface area (Å²) in [6, 6.07) is 14.1. The van der Waals surface area contributed by atoms with Gasteiger partial charge in [0.25, 0.3) is 5.91 Å². The lowest BCUT2D eigenvalue weighted by Crippen LogP contribution is -2.30. The fraction of sp³-hybridized carbons (Fsp3) is 0. The van der Waals surface area contributed by atoms with Gasteiger partial charge in [0.05, 0.1) is 0 Å². The van der Waals surface area contributed by atoms with Crippen LogP contribution in [-0.2, 0) is 0 Å². The van der Waals surface area contributed by atoms with E-state index in [1.54, 1.807) is 48.7 Å². The second-order valence-corrected chi connectivity index (χ2v) is 3.38. The summed E-state index contributed by atoms with van der Waals surface area (Å²) in [7, 11) is 0. The molecule has 5 heteroatoms. The normalized spacial score (nSPS) is 11.2. The van der Waals surface area contributed by atoms with Crippen LogP contribution in [0.15, 0.2) is 59.8 Å². The lowest BCUT2D eigenvalue weighted by Gasteiger charge is -2.00. The van der Waals surface area contributed by atoms with Gasteiger partial charge in [0.2, 0.25) is 0 Å². The molecule has 3 N–H and O–H groups in total. The highest BCUT2D eigenvalue weighted by Gasteiger charge is 2.01. The van der Waals surface area contributed by atoms with Gasteiger partial charge in [0.15, 0.2) is 5.49 Å². The van der Waals surface area contributed by atoms with Crippen LogP contribution in [0.4, 0.5) is 0 Å². The lowest BCUT2D eigenvalue weighted by atomic mass is 10.2. The standard InChI is InChI=1S/C12H12N4O/c13-16-9-5-4-8-11(16)14-15-12(17)10-6-2-1-3-7-10/h1-9H,13H2,(H,15,17)/b14-11+. The maximum atomic E-state index is 11.7. The molecule has 0 spiro atoms. The number of nitrogens with two attached hydrogens (primary N) is 1. The van der Waals surface area contributed by atoms with Crippen molar-refractivity contribution in [1.29, 1.82) is 0 Å². The number of aromatic nitrogens is 1. The van der Waals surface area contributed by atoms with Gasteiger partial charge in [0, 0.05) is 11.8 Å². The number of carbonyl (C=O) groups excluding carboxylic acids is 1. The van der Waals surface area contributed by atoms with Crippen molar-refractivity contribution in [3.63, 3.8) is 0 Å². The van der Waals surface area contributed by atoms with Crippen molar-refractivity contribution in [2.24, 2.45) is 5.10 Å². The Bertz CT molecular complexity index is 574. The zero-order chi connectivity index (χ0) is 12.1. The average molecular weight is 228 g/mol. The monoisotopic (exact) mass is 228 g/mol. The molecule has 0 fully saturated rings. The first-order chi connectivity index (χ1) is 8.27. The topological polar surface area (TPSA) is 72.4 Å². The van der Waals surface area contributed by atoms with E-state index in [0.717, 1.165) is 0 Å². The van der Waals surface area contributed by atoms with Gasteiger partial charge in [-0.3, -0.25) is 9.47 Å². The number of nitrogens with zero attached hydrogens (tertiary/aromatic N) is 2. The van der Waals surface area contributed by atoms with Gasteiger partial charge in [-0.15, -0.1) is 0 Å².